The Hall–Kier alpha value is -0.620. The van der Waals surface area contributed by atoms with Gasteiger partial charge in [0.25, 0.3) is 0 Å². The van der Waals surface area contributed by atoms with Crippen molar-refractivity contribution in [1.82, 2.24) is 0 Å². The molecule has 15 heavy (non-hydrogen) atoms. The summed E-state index contributed by atoms with van der Waals surface area (Å²) >= 11 is 2.27. The van der Waals surface area contributed by atoms with Crippen molar-refractivity contribution in [3.63, 3.8) is 0 Å². The molecule has 0 saturated heterocycles. The lowest BCUT2D eigenvalue weighted by atomic mass is 10.1. The molecule has 0 radical (unpaired) electrons. The minimum Gasteiger partial charge on any atom is -0.460 e. The van der Waals surface area contributed by atoms with Crippen molar-refractivity contribution in [2.75, 3.05) is 6.54 Å². The first-order chi connectivity index (χ1) is 7.17. The molecular weight excluding hydrogens is 305 g/mol. The Bertz CT molecular complexity index is 352. The maximum Gasteiger partial charge on any atom is 0.320 e. The Morgan fingerprint density at radius 2 is 2.20 bits per heavy atom. The topological polar surface area (TPSA) is 52.3 Å². The fourth-order valence-corrected chi connectivity index (χ4v) is 1.84. The second-order valence-corrected chi connectivity index (χ2v) is 4.38. The van der Waals surface area contributed by atoms with Crippen molar-refractivity contribution < 1.29 is 9.53 Å². The van der Waals surface area contributed by atoms with Gasteiger partial charge in [0, 0.05) is 3.57 Å². The summed E-state index contributed by atoms with van der Waals surface area (Å²) in [5, 5.41) is 0. The first kappa shape index (κ1) is 12.4. The van der Waals surface area contributed by atoms with Crippen molar-refractivity contribution in [2.24, 2.45) is 5.73 Å². The van der Waals surface area contributed by atoms with E-state index in [9.17, 15) is 4.79 Å². The molecule has 0 aliphatic carbocycles. The highest BCUT2D eigenvalue weighted by atomic mass is 127. The van der Waals surface area contributed by atoms with E-state index < -0.39 is 0 Å². The molecule has 3 nitrogen and oxygen atoms in total. The summed E-state index contributed by atoms with van der Waals surface area (Å²) in [6.45, 7) is 2.33. The zero-order valence-electron chi connectivity index (χ0n) is 8.63. The number of hydrogen-bond acceptors (Lipinski definition) is 3. The summed E-state index contributed by atoms with van der Waals surface area (Å²) in [6.07, 6.45) is 0.937. The Balaban J connectivity index is 2.72. The second kappa shape index (κ2) is 6.07. The minimum absolute atomic E-state index is 0.0637. The van der Waals surface area contributed by atoms with E-state index in [1.54, 1.807) is 0 Å². The van der Waals surface area contributed by atoms with Crippen molar-refractivity contribution in [3.8, 4) is 0 Å². The molecule has 1 aromatic carbocycles. The maximum absolute atomic E-state index is 10.9. The zero-order chi connectivity index (χ0) is 11.3. The monoisotopic (exact) mass is 319 g/mol. The molecule has 0 fully saturated rings. The molecule has 1 rings (SSSR count). The summed E-state index contributed by atoms with van der Waals surface area (Å²) in [5.41, 5.74) is 7.42. The Labute approximate surface area is 103 Å². The lowest BCUT2D eigenvalue weighted by Crippen LogP contribution is -2.16. The van der Waals surface area contributed by atoms with Gasteiger partial charge in [-0.2, -0.15) is 0 Å². The molecule has 0 aromatic heterocycles. The van der Waals surface area contributed by atoms with E-state index in [0.29, 0.717) is 6.61 Å². The third-order valence-corrected chi connectivity index (χ3v) is 2.78. The molecule has 0 aliphatic rings. The average Bonchev–Trinajstić information content (AvgIpc) is 2.26. The summed E-state index contributed by atoms with van der Waals surface area (Å²) < 4.78 is 6.19. The lowest BCUT2D eigenvalue weighted by molar-refractivity contribution is -0.143. The molecule has 0 spiro atoms. The molecule has 1 aromatic rings. The summed E-state index contributed by atoms with van der Waals surface area (Å²) in [7, 11) is 0. The number of benzene rings is 1. The van der Waals surface area contributed by atoms with E-state index in [2.05, 4.69) is 35.6 Å². The number of rotatable bonds is 4. The number of carbonyl (C=O) groups is 1. The van der Waals surface area contributed by atoms with Gasteiger partial charge in [-0.25, -0.2) is 0 Å². The Morgan fingerprint density at radius 1 is 1.47 bits per heavy atom. The maximum atomic E-state index is 10.9. The molecule has 82 valence electrons. The molecule has 0 heterocycles. The van der Waals surface area contributed by atoms with Gasteiger partial charge in [0.15, 0.2) is 0 Å². The number of hydrogen-bond donors (Lipinski definition) is 1. The van der Waals surface area contributed by atoms with Crippen LogP contribution in [-0.2, 0) is 22.6 Å². The average molecular weight is 319 g/mol. The first-order valence-electron chi connectivity index (χ1n) is 4.80. The van der Waals surface area contributed by atoms with Crippen LogP contribution in [-0.4, -0.2) is 12.5 Å². The third kappa shape index (κ3) is 3.79. The second-order valence-electron chi connectivity index (χ2n) is 3.13. The molecule has 0 bridgehead atoms. The van der Waals surface area contributed by atoms with Crippen LogP contribution in [0.3, 0.4) is 0 Å². The van der Waals surface area contributed by atoms with Crippen molar-refractivity contribution in [3.05, 3.63) is 32.9 Å². The predicted octanol–water partition coefficient (Wildman–Crippen LogP) is 1.86. The van der Waals surface area contributed by atoms with Gasteiger partial charge in [-0.1, -0.05) is 13.0 Å². The molecule has 0 unspecified atom stereocenters. The number of halogens is 1. The van der Waals surface area contributed by atoms with Gasteiger partial charge in [0.05, 0.1) is 6.54 Å². The van der Waals surface area contributed by atoms with Gasteiger partial charge in [-0.15, -0.1) is 0 Å². The zero-order valence-corrected chi connectivity index (χ0v) is 10.8. The van der Waals surface area contributed by atoms with E-state index in [0.717, 1.165) is 12.0 Å². The third-order valence-electron chi connectivity index (χ3n) is 2.10. The quantitative estimate of drug-likeness (QED) is 0.681. The van der Waals surface area contributed by atoms with E-state index in [-0.39, 0.29) is 12.5 Å². The largest absolute Gasteiger partial charge is 0.460 e. The molecule has 0 atom stereocenters. The van der Waals surface area contributed by atoms with Crippen LogP contribution in [0.25, 0.3) is 0 Å². The van der Waals surface area contributed by atoms with Crippen molar-refractivity contribution >= 4 is 28.6 Å². The predicted molar refractivity (Wildman–Crippen MR) is 67.4 cm³/mol. The van der Waals surface area contributed by atoms with E-state index in [1.165, 1.54) is 9.13 Å². The van der Waals surface area contributed by atoms with Gasteiger partial charge in [0.1, 0.15) is 6.61 Å². The summed E-state index contributed by atoms with van der Waals surface area (Å²) in [4.78, 5) is 10.9. The normalized spacial score (nSPS) is 10.1. The first-order valence-corrected chi connectivity index (χ1v) is 5.88. The van der Waals surface area contributed by atoms with E-state index >= 15 is 0 Å². The highest BCUT2D eigenvalue weighted by Gasteiger charge is 2.04. The SMILES string of the molecule is CCc1cc(I)ccc1COC(=O)CN. The van der Waals surface area contributed by atoms with Crippen LogP contribution in [0.4, 0.5) is 0 Å². The standard InChI is InChI=1S/C11H14INO2/c1-2-8-5-10(12)4-3-9(8)7-15-11(14)6-13/h3-5H,2,6-7,13H2,1H3. The van der Waals surface area contributed by atoms with E-state index in [4.69, 9.17) is 10.5 Å². The van der Waals surface area contributed by atoms with Gasteiger partial charge < -0.3 is 10.5 Å². The molecule has 0 saturated carbocycles. The number of esters is 1. The van der Waals surface area contributed by atoms with Crippen LogP contribution in [0.2, 0.25) is 0 Å². The molecule has 0 aliphatic heterocycles. The number of carbonyl (C=O) groups excluding carboxylic acids is 1. The van der Waals surface area contributed by atoms with E-state index in [1.807, 2.05) is 12.1 Å². The highest BCUT2D eigenvalue weighted by molar-refractivity contribution is 14.1. The van der Waals surface area contributed by atoms with Crippen LogP contribution in [0.15, 0.2) is 18.2 Å². The minimum atomic E-state index is -0.365. The lowest BCUT2D eigenvalue weighted by Gasteiger charge is -2.08. The van der Waals surface area contributed by atoms with Crippen molar-refractivity contribution in [2.45, 2.75) is 20.0 Å². The van der Waals surface area contributed by atoms with Crippen LogP contribution < -0.4 is 5.73 Å². The Kier molecular flexibility index (Phi) is 5.04. The van der Waals surface area contributed by atoms with Gasteiger partial charge >= 0.3 is 5.97 Å². The Morgan fingerprint density at radius 3 is 2.80 bits per heavy atom. The molecule has 4 heteroatoms. The summed E-state index contributed by atoms with van der Waals surface area (Å²) in [6, 6.07) is 6.10. The molecule has 2 N–H and O–H groups in total. The fraction of sp³-hybridized carbons (Fsp3) is 0.364. The summed E-state index contributed by atoms with van der Waals surface area (Å²) in [5.74, 6) is -0.365. The van der Waals surface area contributed by atoms with Gasteiger partial charge in [0.2, 0.25) is 0 Å². The van der Waals surface area contributed by atoms with Gasteiger partial charge in [-0.3, -0.25) is 4.79 Å². The van der Waals surface area contributed by atoms with Crippen LogP contribution >= 0.6 is 22.6 Å². The fourth-order valence-electron chi connectivity index (χ4n) is 1.28. The highest BCUT2D eigenvalue weighted by Crippen LogP contribution is 2.15. The van der Waals surface area contributed by atoms with Crippen molar-refractivity contribution in [1.29, 1.82) is 0 Å². The number of aryl methyl sites for hydroxylation is 1. The number of ether oxygens (including phenoxy) is 1. The van der Waals surface area contributed by atoms with Crippen LogP contribution in [0, 0.1) is 3.57 Å². The van der Waals surface area contributed by atoms with Gasteiger partial charge in [-0.05, 0) is 52.3 Å². The number of nitrogens with two attached hydrogens (primary N) is 1. The molecular formula is C11H14INO2. The molecule has 0 amide bonds. The van der Waals surface area contributed by atoms with Crippen LogP contribution in [0.5, 0.6) is 0 Å². The van der Waals surface area contributed by atoms with Crippen LogP contribution in [0.1, 0.15) is 18.1 Å². The smallest absolute Gasteiger partial charge is 0.320 e.